The van der Waals surface area contributed by atoms with Gasteiger partial charge in [0.05, 0.1) is 23.5 Å². The predicted octanol–water partition coefficient (Wildman–Crippen LogP) is 16.5. The van der Waals surface area contributed by atoms with Crippen molar-refractivity contribution in [2.24, 2.45) is 11.8 Å². The van der Waals surface area contributed by atoms with Crippen molar-refractivity contribution < 1.29 is 0 Å². The summed E-state index contributed by atoms with van der Waals surface area (Å²) in [6.07, 6.45) is 12.8. The molecule has 11 heteroatoms. The van der Waals surface area contributed by atoms with Gasteiger partial charge < -0.3 is 0 Å². The van der Waals surface area contributed by atoms with Crippen molar-refractivity contribution >= 4 is 121 Å². The number of fused-ring (bicyclic) bond motifs is 4. The molecule has 55 heavy (non-hydrogen) atoms. The lowest BCUT2D eigenvalue weighted by Gasteiger charge is -2.12. The molecule has 7 aromatic heterocycles. The van der Waals surface area contributed by atoms with Crippen LogP contribution in [0.4, 0.5) is 0 Å². The SMILES string of the molecule is CCCCC(CC)Cc1cc2sc(-c3ccc(-c4ccc(-c5ccc(-c6cc7sc(CC(CC)CCCC)cc7s6)c6nsnc56)s4)c4nsnc34)cc2s1. The number of nitrogens with zero attached hydrogens (tertiary/aromatic N) is 4. The molecule has 0 amide bonds. The molecule has 0 aliphatic rings. The number of hydrogen-bond acceptors (Lipinski definition) is 11. The van der Waals surface area contributed by atoms with Crippen LogP contribution in [-0.2, 0) is 12.8 Å². The lowest BCUT2D eigenvalue weighted by Crippen LogP contribution is -2.01. The molecule has 9 rings (SSSR count). The van der Waals surface area contributed by atoms with E-state index in [-0.39, 0.29) is 0 Å². The summed E-state index contributed by atoms with van der Waals surface area (Å²) in [4.78, 5) is 7.99. The number of thiophene rings is 5. The van der Waals surface area contributed by atoms with Gasteiger partial charge in [-0.25, -0.2) is 0 Å². The Morgan fingerprint density at radius 2 is 0.818 bits per heavy atom. The Morgan fingerprint density at radius 1 is 0.436 bits per heavy atom. The summed E-state index contributed by atoms with van der Waals surface area (Å²) in [6, 6.07) is 23.1. The highest BCUT2D eigenvalue weighted by Gasteiger charge is 2.21. The second-order valence-corrected chi connectivity index (χ2v) is 21.4. The molecule has 0 aliphatic heterocycles. The van der Waals surface area contributed by atoms with E-state index in [2.05, 4.69) is 88.4 Å². The van der Waals surface area contributed by atoms with Crippen molar-refractivity contribution in [2.75, 3.05) is 0 Å². The highest BCUT2D eigenvalue weighted by Crippen LogP contribution is 2.47. The Hall–Kier alpha value is -2.90. The fourth-order valence-corrected chi connectivity index (χ4v) is 15.2. The van der Waals surface area contributed by atoms with Gasteiger partial charge >= 0.3 is 0 Å². The first-order chi connectivity index (χ1) is 27.0. The number of rotatable bonds is 16. The Labute approximate surface area is 351 Å². The van der Waals surface area contributed by atoms with Crippen molar-refractivity contribution in [3.05, 3.63) is 70.4 Å². The van der Waals surface area contributed by atoms with Crippen LogP contribution in [0.15, 0.2) is 60.7 Å². The fourth-order valence-electron chi connectivity index (χ4n) is 7.85. The van der Waals surface area contributed by atoms with Crippen molar-refractivity contribution in [1.29, 1.82) is 0 Å². The first kappa shape index (κ1) is 37.7. The lowest BCUT2D eigenvalue weighted by molar-refractivity contribution is 0.452. The molecule has 0 aliphatic carbocycles. The van der Waals surface area contributed by atoms with E-state index in [0.717, 1.165) is 45.0 Å². The minimum absolute atomic E-state index is 0.790. The standard InChI is InChI=1S/C44H44N4S7/c1-5-9-11-25(7-3)19-27-21-37-39(49-27)23-35(52-37)31-15-13-29(41-43(31)47-54-45-41)33-17-18-34(51-33)30-14-16-32(44-42(30)46-55-48-44)36-24-40-38(53-36)22-28(50-40)20-26(8-4)12-10-6-2/h13-18,21-26H,5-12,19-20H2,1-4H3. The molecule has 2 atom stereocenters. The third-order valence-electron chi connectivity index (χ3n) is 11.1. The molecule has 2 unspecified atom stereocenters. The molecular formula is C44H44N4S7. The summed E-state index contributed by atoms with van der Waals surface area (Å²) in [5.74, 6) is 1.58. The van der Waals surface area contributed by atoms with Gasteiger partial charge in [-0.15, -0.1) is 56.7 Å². The molecule has 7 heterocycles. The highest BCUT2D eigenvalue weighted by atomic mass is 32.1. The highest BCUT2D eigenvalue weighted by molar-refractivity contribution is 7.30. The Bertz CT molecular complexity index is 2470. The quantitative estimate of drug-likeness (QED) is 0.0972. The lowest BCUT2D eigenvalue weighted by atomic mass is 9.95. The molecule has 0 bridgehead atoms. The third-order valence-corrected chi connectivity index (χ3v) is 18.0. The fraction of sp³-hybridized carbons (Fsp3) is 0.364. The van der Waals surface area contributed by atoms with Crippen LogP contribution >= 0.6 is 80.1 Å². The normalized spacial score (nSPS) is 13.3. The Balaban J connectivity index is 0.963. The summed E-state index contributed by atoms with van der Waals surface area (Å²) in [5, 5.41) is 0. The van der Waals surface area contributed by atoms with E-state index in [4.69, 9.17) is 17.5 Å². The second-order valence-electron chi connectivity index (χ2n) is 14.8. The molecular weight excluding hydrogens is 809 g/mol. The molecule has 2 aromatic carbocycles. The van der Waals surface area contributed by atoms with Crippen molar-refractivity contribution in [3.8, 4) is 41.8 Å². The zero-order valence-electron chi connectivity index (χ0n) is 31.6. The molecule has 4 nitrogen and oxygen atoms in total. The van der Waals surface area contributed by atoms with Gasteiger partial charge in [-0.2, -0.15) is 17.5 Å². The summed E-state index contributed by atoms with van der Waals surface area (Å²) < 4.78 is 24.9. The van der Waals surface area contributed by atoms with Crippen molar-refractivity contribution in [2.45, 2.75) is 91.9 Å². The van der Waals surface area contributed by atoms with Crippen LogP contribution in [0, 0.1) is 11.8 Å². The maximum Gasteiger partial charge on any atom is 0.114 e. The monoisotopic (exact) mass is 852 g/mol. The van der Waals surface area contributed by atoms with E-state index in [1.807, 2.05) is 45.3 Å². The molecule has 0 fully saturated rings. The maximum atomic E-state index is 4.85. The molecule has 282 valence electrons. The molecule has 0 saturated heterocycles. The van der Waals surface area contributed by atoms with Crippen LogP contribution in [0.25, 0.3) is 82.6 Å². The molecule has 0 N–H and O–H groups in total. The summed E-state index contributed by atoms with van der Waals surface area (Å²) in [5.41, 5.74) is 8.60. The molecule has 0 spiro atoms. The van der Waals surface area contributed by atoms with Crippen molar-refractivity contribution in [1.82, 2.24) is 17.5 Å². The average molecular weight is 853 g/mol. The Kier molecular flexibility index (Phi) is 11.3. The smallest absolute Gasteiger partial charge is 0.114 e. The summed E-state index contributed by atoms with van der Waals surface area (Å²) in [6.45, 7) is 9.28. The van der Waals surface area contributed by atoms with E-state index >= 15 is 0 Å². The zero-order chi connectivity index (χ0) is 37.5. The third kappa shape index (κ3) is 7.51. The Morgan fingerprint density at radius 3 is 1.18 bits per heavy atom. The predicted molar refractivity (Wildman–Crippen MR) is 249 cm³/mol. The first-order valence-electron chi connectivity index (χ1n) is 19.7. The molecule has 0 saturated carbocycles. The number of hydrogen-bond donors (Lipinski definition) is 0. The van der Waals surface area contributed by atoms with Crippen LogP contribution in [0.2, 0.25) is 0 Å². The maximum absolute atomic E-state index is 4.85. The number of aromatic nitrogens is 4. The van der Waals surface area contributed by atoms with Gasteiger partial charge in [0.25, 0.3) is 0 Å². The van der Waals surface area contributed by atoms with Crippen LogP contribution in [0.5, 0.6) is 0 Å². The summed E-state index contributed by atoms with van der Waals surface area (Å²) >= 11 is 12.2. The van der Waals surface area contributed by atoms with E-state index in [0.29, 0.717) is 0 Å². The van der Waals surface area contributed by atoms with Crippen molar-refractivity contribution in [3.63, 3.8) is 0 Å². The van der Waals surface area contributed by atoms with Gasteiger partial charge in [0.1, 0.15) is 22.1 Å². The van der Waals surface area contributed by atoms with Gasteiger partial charge in [-0.05, 0) is 61.1 Å². The zero-order valence-corrected chi connectivity index (χ0v) is 37.4. The van der Waals surface area contributed by atoms with Gasteiger partial charge in [0.15, 0.2) is 0 Å². The van der Waals surface area contributed by atoms with Gasteiger partial charge in [-0.3, -0.25) is 0 Å². The molecule has 9 aromatic rings. The van der Waals surface area contributed by atoms with Gasteiger partial charge in [0.2, 0.25) is 0 Å². The molecule has 0 radical (unpaired) electrons. The van der Waals surface area contributed by atoms with Crippen LogP contribution in [0.1, 0.15) is 88.8 Å². The van der Waals surface area contributed by atoms with E-state index in [9.17, 15) is 0 Å². The van der Waals surface area contributed by atoms with Gasteiger partial charge in [0, 0.05) is 70.3 Å². The van der Waals surface area contributed by atoms with E-state index in [1.54, 1.807) is 11.3 Å². The second kappa shape index (κ2) is 16.5. The summed E-state index contributed by atoms with van der Waals surface area (Å²) in [7, 11) is 0. The van der Waals surface area contributed by atoms with E-state index in [1.165, 1.54) is 147 Å². The topological polar surface area (TPSA) is 51.6 Å². The number of benzene rings is 2. The van der Waals surface area contributed by atoms with Crippen LogP contribution in [-0.4, -0.2) is 17.5 Å². The largest absolute Gasteiger partial charge is 0.172 e. The minimum atomic E-state index is 0.790. The first-order valence-corrected chi connectivity index (χ1v) is 25.2. The van der Waals surface area contributed by atoms with Gasteiger partial charge in [-0.1, -0.05) is 103 Å². The number of unbranched alkanes of at least 4 members (excludes halogenated alkanes) is 2. The van der Waals surface area contributed by atoms with Crippen LogP contribution in [0.3, 0.4) is 0 Å². The van der Waals surface area contributed by atoms with Crippen LogP contribution < -0.4 is 0 Å². The average Bonchev–Trinajstić information content (AvgIpc) is 4.04. The minimum Gasteiger partial charge on any atom is -0.172 e. The van der Waals surface area contributed by atoms with E-state index < -0.39 is 0 Å².